The average Bonchev–Trinajstić information content (AvgIpc) is 1.87. The van der Waals surface area contributed by atoms with E-state index in [2.05, 4.69) is 34.7 Å². The van der Waals surface area contributed by atoms with Crippen molar-refractivity contribution >= 4 is 27.7 Å². The number of hydrogen-bond acceptors (Lipinski definition) is 2. The maximum absolute atomic E-state index is 3.72. The van der Waals surface area contributed by atoms with Gasteiger partial charge in [0.15, 0.2) is 0 Å². The highest BCUT2D eigenvalue weighted by Gasteiger charge is 1.87. The van der Waals surface area contributed by atoms with Crippen molar-refractivity contribution in [2.75, 3.05) is 24.6 Å². The van der Waals surface area contributed by atoms with Crippen LogP contribution in [0.25, 0.3) is 0 Å². The Labute approximate surface area is 75.8 Å². The summed E-state index contributed by atoms with van der Waals surface area (Å²) in [7, 11) is 0. The first-order chi connectivity index (χ1) is 4.77. The van der Waals surface area contributed by atoms with Gasteiger partial charge in [-0.2, -0.15) is 11.8 Å². The Kier molecular flexibility index (Phi) is 8.04. The van der Waals surface area contributed by atoms with E-state index in [1.54, 1.807) is 0 Å². The second kappa shape index (κ2) is 7.63. The summed E-state index contributed by atoms with van der Waals surface area (Å²) >= 11 is 5.23. The molecule has 0 saturated heterocycles. The SMILES string of the molecule is C=C(Br)CNCCSCC. The quantitative estimate of drug-likeness (QED) is 0.694. The highest BCUT2D eigenvalue weighted by molar-refractivity contribution is 9.11. The van der Waals surface area contributed by atoms with Gasteiger partial charge in [0.05, 0.1) is 0 Å². The maximum Gasteiger partial charge on any atom is 0.0266 e. The van der Waals surface area contributed by atoms with E-state index in [-0.39, 0.29) is 0 Å². The van der Waals surface area contributed by atoms with Gasteiger partial charge in [-0.1, -0.05) is 29.4 Å². The number of rotatable bonds is 6. The lowest BCUT2D eigenvalue weighted by molar-refractivity contribution is 0.803. The topological polar surface area (TPSA) is 12.0 Å². The standard InChI is InChI=1S/C7H14BrNS/c1-3-10-5-4-9-6-7(2)8/h9H,2-6H2,1H3. The molecule has 0 aliphatic heterocycles. The Morgan fingerprint density at radius 3 is 2.90 bits per heavy atom. The Morgan fingerprint density at radius 1 is 1.70 bits per heavy atom. The predicted molar refractivity (Wildman–Crippen MR) is 53.9 cm³/mol. The number of nitrogens with one attached hydrogen (secondary N) is 1. The van der Waals surface area contributed by atoms with E-state index in [0.29, 0.717) is 0 Å². The van der Waals surface area contributed by atoms with Crippen molar-refractivity contribution in [1.29, 1.82) is 0 Å². The molecule has 0 atom stereocenters. The van der Waals surface area contributed by atoms with Gasteiger partial charge in [-0.25, -0.2) is 0 Å². The van der Waals surface area contributed by atoms with Gasteiger partial charge in [0.2, 0.25) is 0 Å². The number of hydrogen-bond donors (Lipinski definition) is 1. The third-order valence-electron chi connectivity index (χ3n) is 0.944. The molecule has 10 heavy (non-hydrogen) atoms. The smallest absolute Gasteiger partial charge is 0.0266 e. The molecular weight excluding hydrogens is 210 g/mol. The molecule has 0 rings (SSSR count). The molecule has 0 aromatic heterocycles. The fraction of sp³-hybridized carbons (Fsp3) is 0.714. The predicted octanol–water partition coefficient (Wildman–Crippen LogP) is 2.24. The first-order valence-corrected chi connectivity index (χ1v) is 5.34. The Balaban J connectivity index is 2.84. The summed E-state index contributed by atoms with van der Waals surface area (Å²) in [5, 5.41) is 3.25. The molecular formula is C7H14BrNS. The zero-order chi connectivity index (χ0) is 7.82. The van der Waals surface area contributed by atoms with Crippen LogP contribution in [0.4, 0.5) is 0 Å². The lowest BCUT2D eigenvalue weighted by atomic mass is 10.6. The van der Waals surface area contributed by atoms with Gasteiger partial charge in [-0.05, 0) is 5.75 Å². The molecule has 0 heterocycles. The molecule has 0 aromatic rings. The minimum atomic E-state index is 0.879. The van der Waals surface area contributed by atoms with Crippen molar-refractivity contribution in [3.8, 4) is 0 Å². The Bertz CT molecular complexity index is 95.6. The van der Waals surface area contributed by atoms with Crippen LogP contribution in [0.2, 0.25) is 0 Å². The van der Waals surface area contributed by atoms with Crippen LogP contribution in [-0.2, 0) is 0 Å². The van der Waals surface area contributed by atoms with E-state index in [9.17, 15) is 0 Å². The summed E-state index contributed by atoms with van der Waals surface area (Å²) in [6.45, 7) is 7.85. The van der Waals surface area contributed by atoms with Crippen molar-refractivity contribution in [2.24, 2.45) is 0 Å². The molecule has 0 fully saturated rings. The molecule has 0 amide bonds. The third-order valence-corrected chi connectivity index (χ3v) is 2.13. The van der Waals surface area contributed by atoms with E-state index in [0.717, 1.165) is 17.6 Å². The fourth-order valence-corrected chi connectivity index (χ4v) is 1.29. The average molecular weight is 224 g/mol. The van der Waals surface area contributed by atoms with Crippen molar-refractivity contribution < 1.29 is 0 Å². The van der Waals surface area contributed by atoms with E-state index >= 15 is 0 Å². The van der Waals surface area contributed by atoms with Gasteiger partial charge in [0.1, 0.15) is 0 Å². The molecule has 0 radical (unpaired) electrons. The highest BCUT2D eigenvalue weighted by Crippen LogP contribution is 1.98. The van der Waals surface area contributed by atoms with Gasteiger partial charge in [-0.3, -0.25) is 0 Å². The summed E-state index contributed by atoms with van der Waals surface area (Å²) in [5.41, 5.74) is 0. The van der Waals surface area contributed by atoms with E-state index in [4.69, 9.17) is 0 Å². The summed E-state index contributed by atoms with van der Waals surface area (Å²) in [6, 6.07) is 0. The highest BCUT2D eigenvalue weighted by atomic mass is 79.9. The molecule has 60 valence electrons. The third kappa shape index (κ3) is 8.53. The van der Waals surface area contributed by atoms with Crippen LogP contribution in [0, 0.1) is 0 Å². The fourth-order valence-electron chi connectivity index (χ4n) is 0.513. The molecule has 0 aliphatic carbocycles. The van der Waals surface area contributed by atoms with E-state index < -0.39 is 0 Å². The first-order valence-electron chi connectivity index (χ1n) is 3.39. The lowest BCUT2D eigenvalue weighted by Gasteiger charge is -2.00. The van der Waals surface area contributed by atoms with Gasteiger partial charge >= 0.3 is 0 Å². The molecule has 1 nitrogen and oxygen atoms in total. The normalized spacial score (nSPS) is 9.80. The zero-order valence-corrected chi connectivity index (χ0v) is 8.72. The molecule has 0 spiro atoms. The minimum absolute atomic E-state index is 0.879. The van der Waals surface area contributed by atoms with Gasteiger partial charge < -0.3 is 5.32 Å². The Hall–Kier alpha value is 0.530. The molecule has 0 aromatic carbocycles. The molecule has 0 unspecified atom stereocenters. The van der Waals surface area contributed by atoms with Gasteiger partial charge in [-0.15, -0.1) is 0 Å². The van der Waals surface area contributed by atoms with Crippen molar-refractivity contribution in [3.05, 3.63) is 11.1 Å². The monoisotopic (exact) mass is 223 g/mol. The van der Waals surface area contributed by atoms with Crippen LogP contribution in [0.3, 0.4) is 0 Å². The molecule has 0 aliphatic rings. The van der Waals surface area contributed by atoms with Crippen molar-refractivity contribution in [1.82, 2.24) is 5.32 Å². The van der Waals surface area contributed by atoms with Crippen LogP contribution in [-0.4, -0.2) is 24.6 Å². The second-order valence-electron chi connectivity index (χ2n) is 1.89. The maximum atomic E-state index is 3.72. The van der Waals surface area contributed by atoms with E-state index in [1.807, 2.05) is 11.8 Å². The van der Waals surface area contributed by atoms with Crippen LogP contribution in [0.15, 0.2) is 11.1 Å². The second-order valence-corrected chi connectivity index (χ2v) is 4.41. The van der Waals surface area contributed by atoms with Crippen LogP contribution < -0.4 is 5.32 Å². The minimum Gasteiger partial charge on any atom is -0.311 e. The largest absolute Gasteiger partial charge is 0.311 e. The first kappa shape index (κ1) is 10.5. The number of thioether (sulfide) groups is 1. The van der Waals surface area contributed by atoms with Crippen molar-refractivity contribution in [3.63, 3.8) is 0 Å². The Morgan fingerprint density at radius 2 is 2.40 bits per heavy atom. The summed E-state index contributed by atoms with van der Waals surface area (Å²) in [4.78, 5) is 0. The molecule has 3 heteroatoms. The number of halogens is 1. The van der Waals surface area contributed by atoms with Gasteiger partial charge in [0.25, 0.3) is 0 Å². The van der Waals surface area contributed by atoms with Crippen LogP contribution >= 0.6 is 27.7 Å². The zero-order valence-electron chi connectivity index (χ0n) is 6.32. The summed E-state index contributed by atoms with van der Waals surface area (Å²) < 4.78 is 1.02. The van der Waals surface area contributed by atoms with E-state index in [1.165, 1.54) is 11.5 Å². The molecule has 0 saturated carbocycles. The summed E-state index contributed by atoms with van der Waals surface area (Å²) in [6.07, 6.45) is 0. The summed E-state index contributed by atoms with van der Waals surface area (Å²) in [5.74, 6) is 2.40. The van der Waals surface area contributed by atoms with Gasteiger partial charge in [0, 0.05) is 23.3 Å². The van der Waals surface area contributed by atoms with Crippen molar-refractivity contribution in [2.45, 2.75) is 6.92 Å². The van der Waals surface area contributed by atoms with Crippen LogP contribution in [0.5, 0.6) is 0 Å². The van der Waals surface area contributed by atoms with Crippen LogP contribution in [0.1, 0.15) is 6.92 Å². The molecule has 0 bridgehead atoms. The lowest BCUT2D eigenvalue weighted by Crippen LogP contribution is -2.18. The molecule has 1 N–H and O–H groups in total.